The smallest absolute Gasteiger partial charge is 0.326 e. The number of amides is 3. The van der Waals surface area contributed by atoms with Crippen LogP contribution in [0.3, 0.4) is 0 Å². The second-order valence-corrected chi connectivity index (χ2v) is 9.16. The fourth-order valence-electron chi connectivity index (χ4n) is 3.74. The predicted octanol–water partition coefficient (Wildman–Crippen LogP) is -1.63. The molecule has 15 nitrogen and oxygen atoms in total. The van der Waals surface area contributed by atoms with Crippen molar-refractivity contribution in [2.75, 3.05) is 6.54 Å². The van der Waals surface area contributed by atoms with Gasteiger partial charge in [0.15, 0.2) is 0 Å². The number of nitrogens with one attached hydrogen (secondary N) is 4. The topological polar surface area (TPSA) is 263 Å². The molecule has 3 amide bonds. The lowest BCUT2D eigenvalue weighted by molar-refractivity contribution is -0.143. The van der Waals surface area contributed by atoms with Crippen molar-refractivity contribution in [3.63, 3.8) is 0 Å². The summed E-state index contributed by atoms with van der Waals surface area (Å²) < 4.78 is 0. The molecule has 0 saturated heterocycles. The standard InChI is InChI=1S/C25H35N7O8/c26-8-2-1-3-17(27)22(36)30-18(9-14-4-6-16(33)7-5-14)23(37)31-19(11-21(34)35)24(38)32-20(25(39)40)10-15-12-28-13-29-15/h4-7,12-13,17-20,33H,1-3,8-11,26-27H2,(H,28,29)(H,30,36)(H,31,37)(H,32,38)(H,34,35)(H,39,40). The van der Waals surface area contributed by atoms with Gasteiger partial charge in [-0.25, -0.2) is 9.78 Å². The van der Waals surface area contributed by atoms with E-state index in [-0.39, 0.29) is 18.6 Å². The maximum absolute atomic E-state index is 13.3. The molecule has 0 bridgehead atoms. The van der Waals surface area contributed by atoms with Crippen LogP contribution in [0.2, 0.25) is 0 Å². The molecular formula is C25H35N7O8. The van der Waals surface area contributed by atoms with Crippen LogP contribution in [0, 0.1) is 0 Å². The minimum Gasteiger partial charge on any atom is -0.508 e. The summed E-state index contributed by atoms with van der Waals surface area (Å²) in [6.07, 6.45) is 3.15. The molecule has 1 aromatic heterocycles. The van der Waals surface area contributed by atoms with E-state index in [1.807, 2.05) is 0 Å². The first kappa shape index (κ1) is 31.7. The Morgan fingerprint density at radius 3 is 2.08 bits per heavy atom. The van der Waals surface area contributed by atoms with Crippen molar-refractivity contribution in [2.45, 2.75) is 62.7 Å². The van der Waals surface area contributed by atoms with E-state index in [2.05, 4.69) is 25.9 Å². The van der Waals surface area contributed by atoms with Gasteiger partial charge in [0.25, 0.3) is 0 Å². The quantitative estimate of drug-likeness (QED) is 0.0990. The highest BCUT2D eigenvalue weighted by molar-refractivity contribution is 5.95. The van der Waals surface area contributed by atoms with Crippen molar-refractivity contribution in [1.82, 2.24) is 25.9 Å². The van der Waals surface area contributed by atoms with Crippen LogP contribution in [0.25, 0.3) is 0 Å². The molecule has 1 aromatic carbocycles. The number of phenolic OH excluding ortho intramolecular Hbond substituents is 1. The molecule has 1 heterocycles. The van der Waals surface area contributed by atoms with Crippen LogP contribution < -0.4 is 27.4 Å². The number of phenols is 1. The number of hydrogen-bond acceptors (Lipinski definition) is 9. The number of aromatic amines is 1. The zero-order chi connectivity index (χ0) is 29.7. The summed E-state index contributed by atoms with van der Waals surface area (Å²) in [6.45, 7) is 0.428. The highest BCUT2D eigenvalue weighted by Crippen LogP contribution is 2.12. The van der Waals surface area contributed by atoms with Crippen molar-refractivity contribution < 1.29 is 39.3 Å². The van der Waals surface area contributed by atoms with E-state index in [0.717, 1.165) is 0 Å². The van der Waals surface area contributed by atoms with Gasteiger partial charge in [-0.15, -0.1) is 0 Å². The number of rotatable bonds is 17. The average molecular weight is 562 g/mol. The summed E-state index contributed by atoms with van der Waals surface area (Å²) in [5, 5.41) is 35.5. The largest absolute Gasteiger partial charge is 0.508 e. The van der Waals surface area contributed by atoms with E-state index in [0.29, 0.717) is 37.1 Å². The number of nitrogens with zero attached hydrogens (tertiary/aromatic N) is 1. The molecule has 2 aromatic rings. The van der Waals surface area contributed by atoms with Crippen LogP contribution in [-0.2, 0) is 36.8 Å². The molecule has 4 unspecified atom stereocenters. The molecule has 15 heteroatoms. The Balaban J connectivity index is 2.20. The van der Waals surface area contributed by atoms with Gasteiger partial charge in [-0.05, 0) is 37.1 Å². The minimum atomic E-state index is -1.66. The van der Waals surface area contributed by atoms with Gasteiger partial charge in [0.1, 0.15) is 23.9 Å². The number of aliphatic carboxylic acids is 2. The van der Waals surface area contributed by atoms with Crippen LogP contribution in [0.4, 0.5) is 0 Å². The number of nitrogens with two attached hydrogens (primary N) is 2. The molecule has 0 radical (unpaired) electrons. The van der Waals surface area contributed by atoms with Crippen molar-refractivity contribution in [2.24, 2.45) is 11.5 Å². The molecule has 11 N–H and O–H groups in total. The first-order valence-corrected chi connectivity index (χ1v) is 12.6. The Morgan fingerprint density at radius 1 is 0.875 bits per heavy atom. The van der Waals surface area contributed by atoms with Crippen LogP contribution in [0.5, 0.6) is 5.75 Å². The van der Waals surface area contributed by atoms with Crippen molar-refractivity contribution in [3.05, 3.63) is 48.0 Å². The van der Waals surface area contributed by atoms with Crippen LogP contribution >= 0.6 is 0 Å². The lowest BCUT2D eigenvalue weighted by atomic mass is 10.0. The van der Waals surface area contributed by atoms with E-state index in [1.54, 1.807) is 0 Å². The molecule has 40 heavy (non-hydrogen) atoms. The maximum Gasteiger partial charge on any atom is 0.326 e. The van der Waals surface area contributed by atoms with Gasteiger partial charge in [-0.3, -0.25) is 19.2 Å². The van der Waals surface area contributed by atoms with Crippen molar-refractivity contribution in [3.8, 4) is 5.75 Å². The number of aromatic hydroxyl groups is 1. The minimum absolute atomic E-state index is 0.0166. The maximum atomic E-state index is 13.3. The van der Waals surface area contributed by atoms with E-state index in [1.165, 1.54) is 36.8 Å². The van der Waals surface area contributed by atoms with Gasteiger partial charge < -0.3 is 47.7 Å². The van der Waals surface area contributed by atoms with E-state index in [4.69, 9.17) is 11.5 Å². The highest BCUT2D eigenvalue weighted by atomic mass is 16.4. The summed E-state index contributed by atoms with van der Waals surface area (Å²) in [5.74, 6) is -5.41. The van der Waals surface area contributed by atoms with Crippen LogP contribution in [0.1, 0.15) is 36.9 Å². The SMILES string of the molecule is NCCCCC(N)C(=O)NC(Cc1ccc(O)cc1)C(=O)NC(CC(=O)O)C(=O)NC(Cc1cnc[nH]1)C(=O)O. The van der Waals surface area contributed by atoms with Crippen LogP contribution in [-0.4, -0.2) is 85.7 Å². The molecule has 0 aliphatic carbocycles. The number of carbonyl (C=O) groups is 5. The zero-order valence-corrected chi connectivity index (χ0v) is 21.7. The highest BCUT2D eigenvalue weighted by Gasteiger charge is 2.32. The van der Waals surface area contributed by atoms with Crippen molar-refractivity contribution in [1.29, 1.82) is 0 Å². The van der Waals surface area contributed by atoms with Gasteiger partial charge in [0.2, 0.25) is 17.7 Å². The van der Waals surface area contributed by atoms with E-state index >= 15 is 0 Å². The Bertz CT molecular complexity index is 1140. The van der Waals surface area contributed by atoms with Crippen molar-refractivity contribution >= 4 is 29.7 Å². The summed E-state index contributed by atoms with van der Waals surface area (Å²) in [7, 11) is 0. The normalized spacial score (nSPS) is 13.8. The summed E-state index contributed by atoms with van der Waals surface area (Å²) in [6, 6.07) is 0.495. The molecule has 4 atom stereocenters. The van der Waals surface area contributed by atoms with Gasteiger partial charge in [0.05, 0.1) is 18.8 Å². The number of benzene rings is 1. The molecule has 218 valence electrons. The number of carboxylic acid groups (broad SMARTS) is 2. The lowest BCUT2D eigenvalue weighted by Gasteiger charge is -2.24. The second-order valence-electron chi connectivity index (χ2n) is 9.16. The number of carbonyl (C=O) groups excluding carboxylic acids is 3. The Hall–Kier alpha value is -4.50. The molecule has 0 fully saturated rings. The average Bonchev–Trinajstić information content (AvgIpc) is 3.41. The summed E-state index contributed by atoms with van der Waals surface area (Å²) in [5.41, 5.74) is 12.4. The molecule has 0 saturated carbocycles. The number of hydrogen-bond donors (Lipinski definition) is 9. The monoisotopic (exact) mass is 561 g/mol. The number of aromatic nitrogens is 2. The molecule has 2 rings (SSSR count). The van der Waals surface area contributed by atoms with Gasteiger partial charge in [-0.2, -0.15) is 0 Å². The zero-order valence-electron chi connectivity index (χ0n) is 21.7. The predicted molar refractivity (Wildman–Crippen MR) is 141 cm³/mol. The molecular weight excluding hydrogens is 526 g/mol. The number of carboxylic acids is 2. The number of imidazole rings is 1. The van der Waals surface area contributed by atoms with E-state index in [9.17, 15) is 39.3 Å². The van der Waals surface area contributed by atoms with Gasteiger partial charge >= 0.3 is 11.9 Å². The first-order chi connectivity index (χ1) is 19.0. The molecule has 0 aliphatic rings. The Morgan fingerprint density at radius 2 is 1.50 bits per heavy atom. The Labute approximate surface area is 229 Å². The third kappa shape index (κ3) is 10.7. The molecule has 0 spiro atoms. The third-order valence-electron chi connectivity index (χ3n) is 5.92. The lowest BCUT2D eigenvalue weighted by Crippen LogP contribution is -2.58. The second kappa shape index (κ2) is 15.8. The van der Waals surface area contributed by atoms with Crippen LogP contribution in [0.15, 0.2) is 36.8 Å². The number of H-pyrrole nitrogens is 1. The molecule has 0 aliphatic heterocycles. The van der Waals surface area contributed by atoms with E-state index < -0.39 is 60.2 Å². The summed E-state index contributed by atoms with van der Waals surface area (Å²) >= 11 is 0. The summed E-state index contributed by atoms with van der Waals surface area (Å²) in [4.78, 5) is 68.6. The fourth-order valence-corrected chi connectivity index (χ4v) is 3.74. The van der Waals surface area contributed by atoms with Gasteiger partial charge in [-0.1, -0.05) is 18.6 Å². The van der Waals surface area contributed by atoms with Gasteiger partial charge in [0, 0.05) is 24.7 Å². The third-order valence-corrected chi connectivity index (χ3v) is 5.92. The first-order valence-electron chi connectivity index (χ1n) is 12.6. The number of unbranched alkanes of at least 4 members (excludes halogenated alkanes) is 1. The fraction of sp³-hybridized carbons (Fsp3) is 0.440. The Kier molecular flexibility index (Phi) is 12.5.